The summed E-state index contributed by atoms with van der Waals surface area (Å²) in [6.07, 6.45) is 4.89. The Hall–Kier alpha value is -2.08. The average molecular weight is 362 g/mol. The molecule has 0 saturated heterocycles. The monoisotopic (exact) mass is 362 g/mol. The molecule has 144 valence electrons. The van der Waals surface area contributed by atoms with Crippen molar-refractivity contribution < 1.29 is 19.2 Å². The van der Waals surface area contributed by atoms with Crippen LogP contribution in [0.15, 0.2) is 30.3 Å². The topological polar surface area (TPSA) is 67.9 Å². The number of imide groups is 1. The maximum Gasteiger partial charge on any atom is 0.418 e. The van der Waals surface area contributed by atoms with Crippen LogP contribution < -0.4 is 5.48 Å². The highest BCUT2D eigenvalue weighted by atomic mass is 16.7. The van der Waals surface area contributed by atoms with Crippen molar-refractivity contribution >= 4 is 12.1 Å². The first kappa shape index (κ1) is 20.2. The molecule has 1 aromatic rings. The molecule has 6 heteroatoms. The molecule has 1 N–H and O–H groups in total. The van der Waals surface area contributed by atoms with Crippen LogP contribution in [0.25, 0.3) is 0 Å². The molecular formula is C20H30N2O4. The molecule has 0 aromatic heterocycles. The van der Waals surface area contributed by atoms with E-state index in [1.54, 1.807) is 0 Å². The maximum absolute atomic E-state index is 12.5. The first-order chi connectivity index (χ1) is 12.3. The number of hydroxylamine groups is 1. The van der Waals surface area contributed by atoms with Gasteiger partial charge in [-0.05, 0) is 45.1 Å². The first-order valence-corrected chi connectivity index (χ1v) is 9.31. The van der Waals surface area contributed by atoms with Crippen molar-refractivity contribution in [3.8, 4) is 0 Å². The average Bonchev–Trinajstić information content (AvgIpc) is 2.63. The molecular weight excluding hydrogens is 332 g/mol. The molecule has 0 heterocycles. The number of hydrogen-bond donors (Lipinski definition) is 1. The molecule has 6 nitrogen and oxygen atoms in total. The third kappa shape index (κ3) is 7.04. The normalized spacial score (nSPS) is 15.3. The van der Waals surface area contributed by atoms with Crippen LogP contribution >= 0.6 is 0 Å². The van der Waals surface area contributed by atoms with Gasteiger partial charge in [0.1, 0.15) is 6.61 Å². The molecule has 1 fully saturated rings. The van der Waals surface area contributed by atoms with Gasteiger partial charge in [0.15, 0.2) is 0 Å². The molecule has 0 bridgehead atoms. The van der Waals surface area contributed by atoms with E-state index in [1.165, 1.54) is 6.42 Å². The van der Waals surface area contributed by atoms with Crippen molar-refractivity contribution in [2.45, 2.75) is 65.1 Å². The Bertz CT molecular complexity index is 577. The summed E-state index contributed by atoms with van der Waals surface area (Å²) in [4.78, 5) is 31.5. The maximum atomic E-state index is 12.5. The minimum atomic E-state index is -0.644. The van der Waals surface area contributed by atoms with E-state index in [4.69, 9.17) is 9.57 Å². The van der Waals surface area contributed by atoms with Gasteiger partial charge in [0.25, 0.3) is 0 Å². The predicted octanol–water partition coefficient (Wildman–Crippen LogP) is 4.65. The van der Waals surface area contributed by atoms with Gasteiger partial charge in [-0.2, -0.15) is 0 Å². The lowest BCUT2D eigenvalue weighted by atomic mass is 9.89. The van der Waals surface area contributed by atoms with Gasteiger partial charge in [-0.15, -0.1) is 0 Å². The van der Waals surface area contributed by atoms with Crippen LogP contribution in [-0.2, 0) is 16.2 Å². The standard InChI is InChI=1S/C20H30N2O4/c1-20(2,3)26-21-18(23)22(14-16-10-6-4-7-11-16)19(24)25-15-17-12-8-5-9-13-17/h5,8-9,12-13,16H,4,6-7,10-11,14-15H2,1-3H3,(H,21,23). The predicted molar refractivity (Wildman–Crippen MR) is 99.3 cm³/mol. The second-order valence-electron chi connectivity index (χ2n) is 7.78. The van der Waals surface area contributed by atoms with Crippen LogP contribution in [0.2, 0.25) is 0 Å². The van der Waals surface area contributed by atoms with Gasteiger partial charge in [0, 0.05) is 6.54 Å². The summed E-state index contributed by atoms with van der Waals surface area (Å²) in [5.41, 5.74) is 2.72. The quantitative estimate of drug-likeness (QED) is 0.775. The molecule has 0 spiro atoms. The van der Waals surface area contributed by atoms with Crippen LogP contribution in [0.5, 0.6) is 0 Å². The number of ether oxygens (including phenoxy) is 1. The second kappa shape index (κ2) is 9.57. The zero-order valence-corrected chi connectivity index (χ0v) is 16.0. The smallest absolute Gasteiger partial charge is 0.418 e. The molecule has 0 atom stereocenters. The summed E-state index contributed by atoms with van der Waals surface area (Å²) < 4.78 is 5.36. The summed E-state index contributed by atoms with van der Waals surface area (Å²) in [5.74, 6) is 0.313. The largest absolute Gasteiger partial charge is 0.444 e. The Labute approximate surface area is 155 Å². The first-order valence-electron chi connectivity index (χ1n) is 9.31. The number of nitrogens with zero attached hydrogens (tertiary/aromatic N) is 1. The van der Waals surface area contributed by atoms with E-state index in [2.05, 4.69) is 5.48 Å². The Morgan fingerprint density at radius 3 is 2.38 bits per heavy atom. The summed E-state index contributed by atoms with van der Waals surface area (Å²) in [6.45, 7) is 5.96. The molecule has 1 aliphatic rings. The van der Waals surface area contributed by atoms with E-state index in [1.807, 2.05) is 51.1 Å². The lowest BCUT2D eigenvalue weighted by molar-refractivity contribution is -0.0586. The number of carbonyl (C=O) groups is 2. The Morgan fingerprint density at radius 1 is 1.12 bits per heavy atom. The van der Waals surface area contributed by atoms with Gasteiger partial charge in [0.05, 0.1) is 5.60 Å². The van der Waals surface area contributed by atoms with Gasteiger partial charge in [-0.25, -0.2) is 20.0 Å². The van der Waals surface area contributed by atoms with E-state index in [0.29, 0.717) is 12.5 Å². The number of urea groups is 1. The van der Waals surface area contributed by atoms with Gasteiger partial charge >= 0.3 is 12.1 Å². The highest BCUT2D eigenvalue weighted by Gasteiger charge is 2.28. The van der Waals surface area contributed by atoms with Crippen LogP contribution in [0, 0.1) is 5.92 Å². The molecule has 0 unspecified atom stereocenters. The number of nitrogens with one attached hydrogen (secondary N) is 1. The van der Waals surface area contributed by atoms with Crippen LogP contribution in [-0.4, -0.2) is 29.2 Å². The van der Waals surface area contributed by atoms with Crippen LogP contribution in [0.4, 0.5) is 9.59 Å². The Kier molecular flexibility index (Phi) is 7.45. The van der Waals surface area contributed by atoms with Crippen molar-refractivity contribution in [1.29, 1.82) is 0 Å². The summed E-state index contributed by atoms with van der Waals surface area (Å²) in [7, 11) is 0. The third-order valence-corrected chi connectivity index (χ3v) is 4.28. The minimum Gasteiger partial charge on any atom is -0.444 e. The number of hydrogen-bond acceptors (Lipinski definition) is 4. The van der Waals surface area contributed by atoms with Gasteiger partial charge in [0.2, 0.25) is 0 Å². The van der Waals surface area contributed by atoms with E-state index in [-0.39, 0.29) is 6.61 Å². The minimum absolute atomic E-state index is 0.133. The molecule has 26 heavy (non-hydrogen) atoms. The summed E-state index contributed by atoms with van der Waals surface area (Å²) in [6, 6.07) is 8.84. The summed E-state index contributed by atoms with van der Waals surface area (Å²) in [5, 5.41) is 0. The molecule has 3 amide bonds. The van der Waals surface area contributed by atoms with Gasteiger partial charge in [-0.1, -0.05) is 49.6 Å². The molecule has 0 aliphatic heterocycles. The summed E-state index contributed by atoms with van der Waals surface area (Å²) >= 11 is 0. The Balaban J connectivity index is 1.97. The fourth-order valence-electron chi connectivity index (χ4n) is 2.92. The molecule has 1 aromatic carbocycles. The number of carbonyl (C=O) groups excluding carboxylic acids is 2. The van der Waals surface area contributed by atoms with E-state index >= 15 is 0 Å². The number of rotatable bonds is 5. The molecule has 1 saturated carbocycles. The highest BCUT2D eigenvalue weighted by Crippen LogP contribution is 2.25. The van der Waals surface area contributed by atoms with Gasteiger partial charge < -0.3 is 4.74 Å². The lowest BCUT2D eigenvalue weighted by Crippen LogP contribution is -2.48. The molecule has 2 rings (SSSR count). The third-order valence-electron chi connectivity index (χ3n) is 4.28. The van der Waals surface area contributed by atoms with Crippen LogP contribution in [0.1, 0.15) is 58.4 Å². The molecule has 0 radical (unpaired) electrons. The zero-order chi connectivity index (χ0) is 19.0. The molecule has 1 aliphatic carbocycles. The lowest BCUT2D eigenvalue weighted by Gasteiger charge is -2.29. The number of amides is 3. The van der Waals surface area contributed by atoms with Crippen LogP contribution in [0.3, 0.4) is 0 Å². The van der Waals surface area contributed by atoms with E-state index in [0.717, 1.165) is 36.1 Å². The van der Waals surface area contributed by atoms with Crippen molar-refractivity contribution in [2.24, 2.45) is 5.92 Å². The fourth-order valence-corrected chi connectivity index (χ4v) is 2.92. The highest BCUT2D eigenvalue weighted by molar-refractivity contribution is 5.90. The number of benzene rings is 1. The Morgan fingerprint density at radius 2 is 1.77 bits per heavy atom. The van der Waals surface area contributed by atoms with Crippen molar-refractivity contribution in [1.82, 2.24) is 10.4 Å². The van der Waals surface area contributed by atoms with Crippen molar-refractivity contribution in [3.05, 3.63) is 35.9 Å². The van der Waals surface area contributed by atoms with Crippen molar-refractivity contribution in [3.63, 3.8) is 0 Å². The van der Waals surface area contributed by atoms with Gasteiger partial charge in [-0.3, -0.25) is 4.84 Å². The van der Waals surface area contributed by atoms with E-state index < -0.39 is 17.7 Å². The zero-order valence-electron chi connectivity index (χ0n) is 16.0. The SMILES string of the molecule is CC(C)(C)ONC(=O)N(CC1CCCCC1)C(=O)OCc1ccccc1. The second-order valence-corrected chi connectivity index (χ2v) is 7.78. The van der Waals surface area contributed by atoms with E-state index in [9.17, 15) is 9.59 Å². The fraction of sp³-hybridized carbons (Fsp3) is 0.600. The van der Waals surface area contributed by atoms with Crippen molar-refractivity contribution in [2.75, 3.05) is 6.54 Å².